The number of hydrogen-bond acceptors (Lipinski definition) is 4. The number of ether oxygens (including phenoxy) is 1. The summed E-state index contributed by atoms with van der Waals surface area (Å²) in [6.45, 7) is -0.328. The number of halogens is 1. The summed E-state index contributed by atoms with van der Waals surface area (Å²) in [5.74, 6) is -0.593. The van der Waals surface area contributed by atoms with Crippen molar-refractivity contribution in [2.24, 2.45) is 0 Å². The highest BCUT2D eigenvalue weighted by atomic mass is 79.9. The van der Waals surface area contributed by atoms with Crippen LogP contribution >= 0.6 is 15.9 Å². The van der Waals surface area contributed by atoms with Crippen LogP contribution in [-0.2, 0) is 4.79 Å². The Balaban J connectivity index is 2.66. The number of rotatable bonds is 6. The quantitative estimate of drug-likeness (QED) is 0.622. The highest BCUT2D eigenvalue weighted by Crippen LogP contribution is 2.27. The second kappa shape index (κ2) is 7.71. The molecule has 0 saturated heterocycles. The Morgan fingerprint density at radius 2 is 2.15 bits per heavy atom. The maximum atomic E-state index is 11.7. The van der Waals surface area contributed by atoms with Crippen molar-refractivity contribution in [1.29, 1.82) is 0 Å². The lowest BCUT2D eigenvalue weighted by molar-refractivity contribution is -0.139. The molecule has 1 atom stereocenters. The van der Waals surface area contributed by atoms with Gasteiger partial charge in [-0.3, -0.25) is 0 Å². The molecule has 2 amide bonds. The first-order valence-electron chi connectivity index (χ1n) is 5.72. The average molecular weight is 347 g/mol. The molecule has 1 rings (SSSR count). The van der Waals surface area contributed by atoms with Crippen molar-refractivity contribution in [3.63, 3.8) is 0 Å². The Hall–Kier alpha value is -1.80. The normalized spacial score (nSPS) is 11.6. The van der Waals surface area contributed by atoms with E-state index in [0.29, 0.717) is 15.9 Å². The predicted molar refractivity (Wildman–Crippen MR) is 76.0 cm³/mol. The minimum absolute atomic E-state index is 0.0605. The Bertz CT molecular complexity index is 495. The van der Waals surface area contributed by atoms with Crippen molar-refractivity contribution >= 4 is 33.6 Å². The van der Waals surface area contributed by atoms with E-state index in [1.807, 2.05) is 0 Å². The summed E-state index contributed by atoms with van der Waals surface area (Å²) in [4.78, 5) is 22.5. The predicted octanol–water partition coefficient (Wildman–Crippen LogP) is 1.41. The lowest BCUT2D eigenvalue weighted by Crippen LogP contribution is -2.43. The second-order valence-corrected chi connectivity index (χ2v) is 4.71. The first kappa shape index (κ1) is 16.3. The number of aliphatic hydroxyl groups excluding tert-OH is 1. The van der Waals surface area contributed by atoms with Crippen LogP contribution in [0, 0.1) is 0 Å². The molecule has 0 aliphatic carbocycles. The Kier molecular flexibility index (Phi) is 6.26. The van der Waals surface area contributed by atoms with E-state index in [1.165, 1.54) is 7.11 Å². The molecule has 1 aromatic carbocycles. The maximum absolute atomic E-state index is 11.7. The molecule has 0 aromatic heterocycles. The molecule has 4 N–H and O–H groups in total. The highest BCUT2D eigenvalue weighted by molar-refractivity contribution is 9.10. The molecule has 0 spiro atoms. The summed E-state index contributed by atoms with van der Waals surface area (Å²) >= 11 is 3.27. The van der Waals surface area contributed by atoms with E-state index < -0.39 is 18.0 Å². The van der Waals surface area contributed by atoms with Gasteiger partial charge in [0.1, 0.15) is 11.8 Å². The number of urea groups is 1. The van der Waals surface area contributed by atoms with Crippen LogP contribution in [0.5, 0.6) is 5.75 Å². The number of hydrogen-bond donors (Lipinski definition) is 4. The van der Waals surface area contributed by atoms with Crippen LogP contribution in [0.15, 0.2) is 22.7 Å². The number of amides is 2. The fourth-order valence-corrected chi connectivity index (χ4v) is 2.00. The van der Waals surface area contributed by atoms with Gasteiger partial charge in [-0.1, -0.05) is 0 Å². The van der Waals surface area contributed by atoms with Gasteiger partial charge in [-0.15, -0.1) is 0 Å². The lowest BCUT2D eigenvalue weighted by Gasteiger charge is -2.14. The molecule has 1 aromatic rings. The number of anilines is 1. The molecule has 0 unspecified atom stereocenters. The number of nitrogens with one attached hydrogen (secondary N) is 2. The van der Waals surface area contributed by atoms with Gasteiger partial charge < -0.3 is 25.6 Å². The largest absolute Gasteiger partial charge is 0.496 e. The zero-order chi connectivity index (χ0) is 15.1. The van der Waals surface area contributed by atoms with Gasteiger partial charge in [-0.05, 0) is 34.1 Å². The smallest absolute Gasteiger partial charge is 0.326 e. The monoisotopic (exact) mass is 346 g/mol. The maximum Gasteiger partial charge on any atom is 0.326 e. The Morgan fingerprint density at radius 1 is 1.45 bits per heavy atom. The summed E-state index contributed by atoms with van der Waals surface area (Å²) in [7, 11) is 1.52. The molecular weight excluding hydrogens is 332 g/mol. The van der Waals surface area contributed by atoms with Gasteiger partial charge in [0.05, 0.1) is 11.6 Å². The number of carbonyl (C=O) groups excluding carboxylic acids is 1. The summed E-state index contributed by atoms with van der Waals surface area (Å²) < 4.78 is 5.71. The van der Waals surface area contributed by atoms with Crippen molar-refractivity contribution in [3.05, 3.63) is 22.7 Å². The molecule has 0 aliphatic rings. The van der Waals surface area contributed by atoms with Gasteiger partial charge in [0, 0.05) is 18.7 Å². The molecule has 0 aliphatic heterocycles. The van der Waals surface area contributed by atoms with Crippen molar-refractivity contribution < 1.29 is 24.5 Å². The second-order valence-electron chi connectivity index (χ2n) is 3.85. The average Bonchev–Trinajstić information content (AvgIpc) is 2.38. The van der Waals surface area contributed by atoms with Crippen LogP contribution < -0.4 is 15.4 Å². The van der Waals surface area contributed by atoms with Gasteiger partial charge in [0.15, 0.2) is 0 Å². The van der Waals surface area contributed by atoms with E-state index in [4.69, 9.17) is 14.9 Å². The van der Waals surface area contributed by atoms with Crippen LogP contribution in [0.25, 0.3) is 0 Å². The van der Waals surface area contributed by atoms with Gasteiger partial charge in [0.25, 0.3) is 0 Å². The van der Waals surface area contributed by atoms with Crippen LogP contribution in [0.4, 0.5) is 10.5 Å². The standard InChI is InChI=1S/C12H15BrN2O5/c1-20-10-3-2-7(6-8(10)13)14-12(19)15-9(4-5-16)11(17)18/h2-3,6,9,16H,4-5H2,1H3,(H,17,18)(H2,14,15,19)/t9-/m0/s1. The van der Waals surface area contributed by atoms with Gasteiger partial charge >= 0.3 is 12.0 Å². The van der Waals surface area contributed by atoms with Gasteiger partial charge in [-0.25, -0.2) is 9.59 Å². The number of aliphatic hydroxyl groups is 1. The number of aliphatic carboxylic acids is 1. The number of carboxylic acids is 1. The van der Waals surface area contributed by atoms with Gasteiger partial charge in [0.2, 0.25) is 0 Å². The van der Waals surface area contributed by atoms with Crippen LogP contribution in [-0.4, -0.2) is 42.0 Å². The molecule has 0 saturated carbocycles. The zero-order valence-corrected chi connectivity index (χ0v) is 12.3. The SMILES string of the molecule is COc1ccc(NC(=O)N[C@@H](CCO)C(=O)O)cc1Br. The molecule has 20 heavy (non-hydrogen) atoms. The minimum Gasteiger partial charge on any atom is -0.496 e. The van der Waals surface area contributed by atoms with Gasteiger partial charge in [-0.2, -0.15) is 0 Å². The number of carboxylic acid groups (broad SMARTS) is 1. The minimum atomic E-state index is -1.20. The van der Waals surface area contributed by atoms with E-state index in [-0.39, 0.29) is 13.0 Å². The number of carbonyl (C=O) groups is 2. The Morgan fingerprint density at radius 3 is 2.65 bits per heavy atom. The van der Waals surface area contributed by atoms with E-state index in [1.54, 1.807) is 18.2 Å². The molecule has 0 bridgehead atoms. The fourth-order valence-electron chi connectivity index (χ4n) is 1.46. The fraction of sp³-hybridized carbons (Fsp3) is 0.333. The van der Waals surface area contributed by atoms with Crippen molar-refractivity contribution in [1.82, 2.24) is 5.32 Å². The highest BCUT2D eigenvalue weighted by Gasteiger charge is 2.19. The summed E-state index contributed by atoms with van der Waals surface area (Å²) in [6.07, 6.45) is -0.0605. The number of methoxy groups -OCH3 is 1. The molecule has 0 heterocycles. The van der Waals surface area contributed by atoms with E-state index in [9.17, 15) is 9.59 Å². The van der Waals surface area contributed by atoms with E-state index in [0.717, 1.165) is 0 Å². The van der Waals surface area contributed by atoms with Crippen LogP contribution in [0.3, 0.4) is 0 Å². The molecule has 0 fully saturated rings. The van der Waals surface area contributed by atoms with Crippen LogP contribution in [0.2, 0.25) is 0 Å². The lowest BCUT2D eigenvalue weighted by atomic mass is 10.2. The van der Waals surface area contributed by atoms with Crippen LogP contribution in [0.1, 0.15) is 6.42 Å². The van der Waals surface area contributed by atoms with E-state index >= 15 is 0 Å². The topological polar surface area (TPSA) is 108 Å². The number of benzene rings is 1. The molecule has 0 radical (unpaired) electrons. The molecule has 8 heteroatoms. The first-order chi connectivity index (χ1) is 9.47. The molecule has 110 valence electrons. The Labute approximate surface area is 124 Å². The summed E-state index contributed by atoms with van der Waals surface area (Å²) in [5, 5.41) is 22.3. The van der Waals surface area contributed by atoms with Crippen molar-refractivity contribution in [3.8, 4) is 5.75 Å². The summed E-state index contributed by atoms with van der Waals surface area (Å²) in [6, 6.07) is 3.09. The third-order valence-electron chi connectivity index (χ3n) is 2.43. The first-order valence-corrected chi connectivity index (χ1v) is 6.52. The van der Waals surface area contributed by atoms with E-state index in [2.05, 4.69) is 26.6 Å². The van der Waals surface area contributed by atoms with Crippen molar-refractivity contribution in [2.75, 3.05) is 19.0 Å². The zero-order valence-electron chi connectivity index (χ0n) is 10.7. The third-order valence-corrected chi connectivity index (χ3v) is 3.05. The third kappa shape index (κ3) is 4.71. The van der Waals surface area contributed by atoms with Crippen molar-refractivity contribution in [2.45, 2.75) is 12.5 Å². The molecule has 7 nitrogen and oxygen atoms in total. The molecular formula is C12H15BrN2O5. The summed E-state index contributed by atoms with van der Waals surface area (Å²) in [5.41, 5.74) is 0.475.